The van der Waals surface area contributed by atoms with Gasteiger partial charge in [0.2, 0.25) is 5.95 Å². The molecule has 0 amide bonds. The highest BCUT2D eigenvalue weighted by Crippen LogP contribution is 2.37. The Kier molecular flexibility index (Phi) is 5.29. The summed E-state index contributed by atoms with van der Waals surface area (Å²) in [6.07, 6.45) is 11.4. The van der Waals surface area contributed by atoms with E-state index in [1.807, 2.05) is 0 Å². The molecule has 19 heavy (non-hydrogen) atoms. The fourth-order valence-corrected chi connectivity index (χ4v) is 3.31. The molecule has 2 atom stereocenters. The van der Waals surface area contributed by atoms with E-state index >= 15 is 0 Å². The third-order valence-electron chi connectivity index (χ3n) is 4.42. The SMILES string of the molecule is CCCCNc1nc(C)cn1C1CCCCC1CC. The molecular formula is C16H29N3. The quantitative estimate of drug-likeness (QED) is 0.763. The van der Waals surface area contributed by atoms with Crippen LogP contribution < -0.4 is 5.32 Å². The Morgan fingerprint density at radius 3 is 2.84 bits per heavy atom. The lowest BCUT2D eigenvalue weighted by Gasteiger charge is -2.32. The Morgan fingerprint density at radius 1 is 1.32 bits per heavy atom. The summed E-state index contributed by atoms with van der Waals surface area (Å²) < 4.78 is 2.43. The van der Waals surface area contributed by atoms with E-state index in [-0.39, 0.29) is 0 Å². The van der Waals surface area contributed by atoms with Crippen LogP contribution in [0.2, 0.25) is 0 Å². The van der Waals surface area contributed by atoms with Gasteiger partial charge < -0.3 is 9.88 Å². The van der Waals surface area contributed by atoms with Gasteiger partial charge >= 0.3 is 0 Å². The van der Waals surface area contributed by atoms with Crippen molar-refractivity contribution in [3.05, 3.63) is 11.9 Å². The minimum Gasteiger partial charge on any atom is -0.356 e. The van der Waals surface area contributed by atoms with Crippen molar-refractivity contribution in [1.29, 1.82) is 0 Å². The number of hydrogen-bond donors (Lipinski definition) is 1. The normalized spacial score (nSPS) is 23.5. The fourth-order valence-electron chi connectivity index (χ4n) is 3.31. The maximum absolute atomic E-state index is 4.68. The van der Waals surface area contributed by atoms with Gasteiger partial charge in [0.05, 0.1) is 5.69 Å². The van der Waals surface area contributed by atoms with E-state index in [9.17, 15) is 0 Å². The summed E-state index contributed by atoms with van der Waals surface area (Å²) in [5.74, 6) is 1.92. The molecule has 0 aliphatic heterocycles. The molecule has 3 heteroatoms. The molecule has 1 heterocycles. The monoisotopic (exact) mass is 263 g/mol. The Hall–Kier alpha value is -0.990. The van der Waals surface area contributed by atoms with Crippen LogP contribution in [0.15, 0.2) is 6.20 Å². The van der Waals surface area contributed by atoms with Crippen LogP contribution in [0.25, 0.3) is 0 Å². The van der Waals surface area contributed by atoms with Crippen LogP contribution in [0.5, 0.6) is 0 Å². The summed E-state index contributed by atoms with van der Waals surface area (Å²) in [5.41, 5.74) is 1.14. The largest absolute Gasteiger partial charge is 0.356 e. The molecule has 0 spiro atoms. The Labute approximate surface area is 117 Å². The molecule has 1 aliphatic carbocycles. The first-order chi connectivity index (χ1) is 9.26. The van der Waals surface area contributed by atoms with E-state index in [0.717, 1.165) is 24.1 Å². The lowest BCUT2D eigenvalue weighted by atomic mass is 9.83. The zero-order chi connectivity index (χ0) is 13.7. The topological polar surface area (TPSA) is 29.9 Å². The van der Waals surface area contributed by atoms with Crippen LogP contribution in [0.1, 0.15) is 70.5 Å². The van der Waals surface area contributed by atoms with Crippen molar-refractivity contribution < 1.29 is 0 Å². The molecule has 1 aromatic rings. The zero-order valence-electron chi connectivity index (χ0n) is 12.8. The number of rotatable bonds is 6. The van der Waals surface area contributed by atoms with E-state index < -0.39 is 0 Å². The molecule has 1 fully saturated rings. The number of unbranched alkanes of at least 4 members (excludes halogenated alkanes) is 1. The minimum absolute atomic E-state index is 0.657. The molecule has 1 N–H and O–H groups in total. The Balaban J connectivity index is 2.12. The number of imidazole rings is 1. The van der Waals surface area contributed by atoms with Crippen molar-refractivity contribution >= 4 is 5.95 Å². The summed E-state index contributed by atoms with van der Waals surface area (Å²) in [5, 5.41) is 3.53. The molecule has 2 rings (SSSR count). The van der Waals surface area contributed by atoms with Crippen LogP contribution in [0.3, 0.4) is 0 Å². The van der Waals surface area contributed by atoms with Crippen LogP contribution in [0.4, 0.5) is 5.95 Å². The van der Waals surface area contributed by atoms with Crippen molar-refractivity contribution in [3.8, 4) is 0 Å². The second-order valence-corrected chi connectivity index (χ2v) is 5.91. The van der Waals surface area contributed by atoms with Crippen LogP contribution in [-0.2, 0) is 0 Å². The van der Waals surface area contributed by atoms with Gasteiger partial charge in [-0.3, -0.25) is 0 Å². The molecule has 1 saturated carbocycles. The van der Waals surface area contributed by atoms with E-state index in [0.29, 0.717) is 6.04 Å². The molecule has 0 saturated heterocycles. The number of nitrogens with zero attached hydrogens (tertiary/aromatic N) is 2. The van der Waals surface area contributed by atoms with E-state index in [1.165, 1.54) is 44.9 Å². The zero-order valence-corrected chi connectivity index (χ0v) is 12.8. The van der Waals surface area contributed by atoms with Crippen LogP contribution in [-0.4, -0.2) is 16.1 Å². The van der Waals surface area contributed by atoms with E-state index in [4.69, 9.17) is 0 Å². The second-order valence-electron chi connectivity index (χ2n) is 5.91. The second kappa shape index (κ2) is 6.97. The van der Waals surface area contributed by atoms with E-state index in [1.54, 1.807) is 0 Å². The van der Waals surface area contributed by atoms with Crippen molar-refractivity contribution in [2.75, 3.05) is 11.9 Å². The predicted octanol–water partition coefficient (Wildman–Crippen LogP) is 4.54. The fraction of sp³-hybridized carbons (Fsp3) is 0.812. The average molecular weight is 263 g/mol. The van der Waals surface area contributed by atoms with Crippen molar-refractivity contribution in [3.63, 3.8) is 0 Å². The first kappa shape index (κ1) is 14.4. The third kappa shape index (κ3) is 3.52. The summed E-state index contributed by atoms with van der Waals surface area (Å²) in [6, 6.07) is 0.657. The molecule has 0 radical (unpaired) electrons. The van der Waals surface area contributed by atoms with Crippen molar-refractivity contribution in [2.24, 2.45) is 5.92 Å². The third-order valence-corrected chi connectivity index (χ3v) is 4.42. The number of nitrogens with one attached hydrogen (secondary N) is 1. The van der Waals surface area contributed by atoms with Gasteiger partial charge in [0.15, 0.2) is 0 Å². The molecular weight excluding hydrogens is 234 g/mol. The van der Waals surface area contributed by atoms with Gasteiger partial charge in [-0.15, -0.1) is 0 Å². The molecule has 1 aliphatic rings. The maximum atomic E-state index is 4.68. The smallest absolute Gasteiger partial charge is 0.203 e. The summed E-state index contributed by atoms with van der Waals surface area (Å²) in [4.78, 5) is 4.68. The predicted molar refractivity (Wildman–Crippen MR) is 81.6 cm³/mol. The number of aryl methyl sites for hydroxylation is 1. The molecule has 1 aromatic heterocycles. The summed E-state index contributed by atoms with van der Waals surface area (Å²) in [7, 11) is 0. The number of anilines is 1. The number of hydrogen-bond acceptors (Lipinski definition) is 2. The Bertz CT molecular complexity index is 383. The minimum atomic E-state index is 0.657. The van der Waals surface area contributed by atoms with Crippen LogP contribution in [0, 0.1) is 12.8 Å². The van der Waals surface area contributed by atoms with Gasteiger partial charge in [0.1, 0.15) is 0 Å². The van der Waals surface area contributed by atoms with Gasteiger partial charge in [0.25, 0.3) is 0 Å². The van der Waals surface area contributed by atoms with Gasteiger partial charge in [-0.25, -0.2) is 4.98 Å². The van der Waals surface area contributed by atoms with Gasteiger partial charge in [-0.2, -0.15) is 0 Å². The lowest BCUT2D eigenvalue weighted by Crippen LogP contribution is -2.24. The van der Waals surface area contributed by atoms with Crippen LogP contribution >= 0.6 is 0 Å². The highest BCUT2D eigenvalue weighted by atomic mass is 15.2. The Morgan fingerprint density at radius 2 is 2.11 bits per heavy atom. The molecule has 108 valence electrons. The van der Waals surface area contributed by atoms with Crippen molar-refractivity contribution in [2.45, 2.75) is 71.8 Å². The lowest BCUT2D eigenvalue weighted by molar-refractivity contribution is 0.234. The first-order valence-electron chi connectivity index (χ1n) is 8.05. The van der Waals surface area contributed by atoms with Gasteiger partial charge in [-0.1, -0.05) is 39.5 Å². The summed E-state index contributed by atoms with van der Waals surface area (Å²) in [6.45, 7) is 7.70. The molecule has 2 unspecified atom stereocenters. The first-order valence-corrected chi connectivity index (χ1v) is 8.05. The maximum Gasteiger partial charge on any atom is 0.203 e. The molecule has 3 nitrogen and oxygen atoms in total. The highest BCUT2D eigenvalue weighted by molar-refractivity contribution is 5.29. The summed E-state index contributed by atoms with van der Waals surface area (Å²) >= 11 is 0. The standard InChI is InChI=1S/C16H29N3/c1-4-6-11-17-16-18-13(3)12-19(16)15-10-8-7-9-14(15)5-2/h12,14-15H,4-11H2,1-3H3,(H,17,18). The number of aromatic nitrogens is 2. The molecule has 0 aromatic carbocycles. The van der Waals surface area contributed by atoms with Gasteiger partial charge in [0, 0.05) is 18.8 Å². The average Bonchev–Trinajstić information content (AvgIpc) is 2.80. The molecule has 0 bridgehead atoms. The highest BCUT2D eigenvalue weighted by Gasteiger charge is 2.26. The van der Waals surface area contributed by atoms with Crippen molar-refractivity contribution in [1.82, 2.24) is 9.55 Å². The van der Waals surface area contributed by atoms with Gasteiger partial charge in [-0.05, 0) is 32.1 Å². The van der Waals surface area contributed by atoms with E-state index in [2.05, 4.69) is 41.8 Å².